The third-order valence-electron chi connectivity index (χ3n) is 2.39. The average Bonchev–Trinajstić information content (AvgIpc) is 2.83. The summed E-state index contributed by atoms with van der Waals surface area (Å²) < 4.78 is 1.66. The minimum atomic E-state index is -0.467. The van der Waals surface area contributed by atoms with Crippen molar-refractivity contribution in [3.63, 3.8) is 0 Å². The van der Waals surface area contributed by atoms with Crippen LogP contribution in [0.4, 0.5) is 0 Å². The number of amides is 1. The molecule has 0 saturated heterocycles. The first-order chi connectivity index (χ1) is 8.16. The normalized spacial score (nSPS) is 10.1. The highest BCUT2D eigenvalue weighted by atomic mass is 16.1. The second-order valence-corrected chi connectivity index (χ2v) is 3.66. The zero-order valence-electron chi connectivity index (χ0n) is 9.21. The van der Waals surface area contributed by atoms with E-state index in [9.17, 15) is 4.79 Å². The summed E-state index contributed by atoms with van der Waals surface area (Å²) in [5.41, 5.74) is 7.43. The average molecular weight is 228 g/mol. The Morgan fingerprint density at radius 3 is 2.59 bits per heavy atom. The van der Waals surface area contributed by atoms with Gasteiger partial charge >= 0.3 is 0 Å². The van der Waals surface area contributed by atoms with Crippen LogP contribution in [0.1, 0.15) is 5.56 Å². The number of nitrogens with two attached hydrogens (primary N) is 1. The van der Waals surface area contributed by atoms with E-state index < -0.39 is 5.91 Å². The minimum absolute atomic E-state index is 0.401. The predicted molar refractivity (Wildman–Crippen MR) is 63.4 cm³/mol. The lowest BCUT2D eigenvalue weighted by atomic mass is 10.1. The monoisotopic (exact) mass is 228 g/mol. The van der Waals surface area contributed by atoms with E-state index >= 15 is 0 Å². The summed E-state index contributed by atoms with van der Waals surface area (Å²) in [7, 11) is 0. The van der Waals surface area contributed by atoms with Crippen molar-refractivity contribution in [2.24, 2.45) is 5.73 Å². The molecule has 17 heavy (non-hydrogen) atoms. The van der Waals surface area contributed by atoms with Gasteiger partial charge < -0.3 is 5.73 Å². The molecule has 1 aromatic heterocycles. The highest BCUT2D eigenvalue weighted by Crippen LogP contribution is 2.11. The van der Waals surface area contributed by atoms with Gasteiger partial charge in [-0.3, -0.25) is 4.79 Å². The third-order valence-corrected chi connectivity index (χ3v) is 2.39. The standard InChI is InChI=1S/C12H12N4O/c1-9(12(13)17)8-10-2-4-11(5-3-10)16-7-6-14-15-16/h2-7H,1,8H2,(H2,13,17). The van der Waals surface area contributed by atoms with Crippen LogP contribution in [-0.2, 0) is 11.2 Å². The van der Waals surface area contributed by atoms with Gasteiger partial charge in [-0.05, 0) is 17.7 Å². The molecule has 0 bridgehead atoms. The van der Waals surface area contributed by atoms with Crippen molar-refractivity contribution in [1.29, 1.82) is 0 Å². The summed E-state index contributed by atoms with van der Waals surface area (Å²) in [4.78, 5) is 10.9. The van der Waals surface area contributed by atoms with E-state index in [1.54, 1.807) is 17.1 Å². The lowest BCUT2D eigenvalue weighted by Crippen LogP contribution is -2.14. The molecule has 0 aliphatic rings. The minimum Gasteiger partial charge on any atom is -0.366 e. The number of nitrogens with zero attached hydrogens (tertiary/aromatic N) is 3. The molecular weight excluding hydrogens is 216 g/mol. The van der Waals surface area contributed by atoms with E-state index in [4.69, 9.17) is 5.73 Å². The van der Waals surface area contributed by atoms with E-state index in [0.717, 1.165) is 11.3 Å². The van der Waals surface area contributed by atoms with Gasteiger partial charge in [-0.15, -0.1) is 5.10 Å². The third kappa shape index (κ3) is 2.57. The molecule has 0 fully saturated rings. The summed E-state index contributed by atoms with van der Waals surface area (Å²) in [6, 6.07) is 7.62. The molecule has 0 spiro atoms. The van der Waals surface area contributed by atoms with E-state index in [2.05, 4.69) is 16.9 Å². The Balaban J connectivity index is 2.14. The highest BCUT2D eigenvalue weighted by Gasteiger charge is 2.03. The first-order valence-electron chi connectivity index (χ1n) is 5.10. The molecule has 1 aromatic carbocycles. The van der Waals surface area contributed by atoms with Gasteiger partial charge in [0.1, 0.15) is 0 Å². The Kier molecular flexibility index (Phi) is 3.00. The molecule has 1 amide bonds. The summed E-state index contributed by atoms with van der Waals surface area (Å²) >= 11 is 0. The predicted octanol–water partition coefficient (Wildman–Crippen LogP) is 0.851. The van der Waals surface area contributed by atoms with Crippen LogP contribution in [0.2, 0.25) is 0 Å². The van der Waals surface area contributed by atoms with Crippen LogP contribution < -0.4 is 5.73 Å². The second kappa shape index (κ2) is 4.61. The van der Waals surface area contributed by atoms with Crippen LogP contribution in [0.5, 0.6) is 0 Å². The number of primary amides is 1. The Hall–Kier alpha value is -2.43. The lowest BCUT2D eigenvalue weighted by molar-refractivity contribution is -0.114. The molecule has 0 atom stereocenters. The summed E-state index contributed by atoms with van der Waals surface area (Å²) in [5, 5.41) is 7.61. The van der Waals surface area contributed by atoms with Crippen molar-refractivity contribution < 1.29 is 4.79 Å². The largest absolute Gasteiger partial charge is 0.366 e. The highest BCUT2D eigenvalue weighted by molar-refractivity contribution is 5.91. The Morgan fingerprint density at radius 2 is 2.06 bits per heavy atom. The zero-order chi connectivity index (χ0) is 12.3. The summed E-state index contributed by atoms with van der Waals surface area (Å²) in [6.07, 6.45) is 3.84. The molecule has 1 heterocycles. The first kappa shape index (κ1) is 11.1. The van der Waals surface area contributed by atoms with Crippen molar-refractivity contribution in [3.05, 3.63) is 54.4 Å². The molecule has 5 heteroatoms. The molecule has 2 N–H and O–H groups in total. The molecule has 0 aliphatic heterocycles. The number of hydrogen-bond acceptors (Lipinski definition) is 3. The SMILES string of the molecule is C=C(Cc1ccc(-n2ccnn2)cc1)C(N)=O. The number of carbonyl (C=O) groups is 1. The molecule has 2 aromatic rings. The van der Waals surface area contributed by atoms with Crippen molar-refractivity contribution >= 4 is 5.91 Å². The maximum absolute atomic E-state index is 10.9. The van der Waals surface area contributed by atoms with Gasteiger partial charge in [-0.1, -0.05) is 23.9 Å². The van der Waals surface area contributed by atoms with E-state index in [0.29, 0.717) is 12.0 Å². The van der Waals surface area contributed by atoms with Crippen LogP contribution in [-0.4, -0.2) is 20.9 Å². The van der Waals surface area contributed by atoms with Crippen LogP contribution >= 0.6 is 0 Å². The number of rotatable bonds is 4. The molecule has 0 radical (unpaired) electrons. The van der Waals surface area contributed by atoms with E-state index in [1.807, 2.05) is 24.3 Å². The van der Waals surface area contributed by atoms with E-state index in [-0.39, 0.29) is 0 Å². The Labute approximate surface area is 98.6 Å². The van der Waals surface area contributed by atoms with Gasteiger partial charge in [0.2, 0.25) is 5.91 Å². The number of aromatic nitrogens is 3. The molecule has 2 rings (SSSR count). The van der Waals surface area contributed by atoms with Crippen LogP contribution in [0.15, 0.2) is 48.8 Å². The van der Waals surface area contributed by atoms with Gasteiger partial charge in [0.25, 0.3) is 0 Å². The van der Waals surface area contributed by atoms with Gasteiger partial charge in [0.15, 0.2) is 0 Å². The van der Waals surface area contributed by atoms with Crippen molar-refractivity contribution in [2.75, 3.05) is 0 Å². The van der Waals surface area contributed by atoms with Crippen molar-refractivity contribution in [3.8, 4) is 5.69 Å². The quantitative estimate of drug-likeness (QED) is 0.788. The van der Waals surface area contributed by atoms with Crippen LogP contribution in [0.3, 0.4) is 0 Å². The first-order valence-corrected chi connectivity index (χ1v) is 5.10. The topological polar surface area (TPSA) is 73.8 Å². The van der Waals surface area contributed by atoms with Gasteiger partial charge in [-0.2, -0.15) is 0 Å². The summed E-state index contributed by atoms with van der Waals surface area (Å²) in [5.74, 6) is -0.467. The van der Waals surface area contributed by atoms with Gasteiger partial charge in [-0.25, -0.2) is 4.68 Å². The van der Waals surface area contributed by atoms with E-state index in [1.165, 1.54) is 0 Å². The number of benzene rings is 1. The molecule has 0 unspecified atom stereocenters. The fourth-order valence-corrected chi connectivity index (χ4v) is 1.45. The van der Waals surface area contributed by atoms with Gasteiger partial charge in [0.05, 0.1) is 18.1 Å². The maximum Gasteiger partial charge on any atom is 0.244 e. The Morgan fingerprint density at radius 1 is 1.35 bits per heavy atom. The zero-order valence-corrected chi connectivity index (χ0v) is 9.21. The molecule has 5 nitrogen and oxygen atoms in total. The molecule has 0 saturated carbocycles. The van der Waals surface area contributed by atoms with Gasteiger partial charge in [0, 0.05) is 12.0 Å². The molecular formula is C12H12N4O. The maximum atomic E-state index is 10.9. The fourth-order valence-electron chi connectivity index (χ4n) is 1.45. The van der Waals surface area contributed by atoms with Crippen molar-refractivity contribution in [1.82, 2.24) is 15.0 Å². The lowest BCUT2D eigenvalue weighted by Gasteiger charge is -2.04. The Bertz CT molecular complexity index is 528. The van der Waals surface area contributed by atoms with Crippen LogP contribution in [0.25, 0.3) is 5.69 Å². The molecule has 86 valence electrons. The number of carbonyl (C=O) groups excluding carboxylic acids is 1. The summed E-state index contributed by atoms with van der Waals surface area (Å²) in [6.45, 7) is 3.62. The van der Waals surface area contributed by atoms with Crippen molar-refractivity contribution in [2.45, 2.75) is 6.42 Å². The molecule has 0 aliphatic carbocycles. The number of hydrogen-bond donors (Lipinski definition) is 1. The smallest absolute Gasteiger partial charge is 0.244 e. The van der Waals surface area contributed by atoms with Crippen LogP contribution in [0, 0.1) is 0 Å². The fraction of sp³-hybridized carbons (Fsp3) is 0.0833. The second-order valence-electron chi connectivity index (χ2n) is 3.66.